The summed E-state index contributed by atoms with van der Waals surface area (Å²) in [5, 5.41) is 0.237. The van der Waals surface area contributed by atoms with Crippen molar-refractivity contribution in [2.24, 2.45) is 5.41 Å². The summed E-state index contributed by atoms with van der Waals surface area (Å²) in [5.74, 6) is 0.249. The standard InChI is InChI=1S/C24H25BrIOP/c1-24(2,3)22(27)23(26)28(25,19-13-7-4-8-14-19,20-15-9-5-10-16-20)21-17-11-6-12-18-21/h4-18,23H,1-3H3. The van der Waals surface area contributed by atoms with E-state index in [1.807, 2.05) is 39.0 Å². The molecule has 0 amide bonds. The van der Waals surface area contributed by atoms with Crippen LogP contribution in [-0.4, -0.2) is 9.45 Å². The van der Waals surface area contributed by atoms with Crippen molar-refractivity contribution in [1.29, 1.82) is 0 Å². The minimum atomic E-state index is -3.27. The van der Waals surface area contributed by atoms with Crippen LogP contribution >= 0.6 is 43.4 Å². The molecule has 0 radical (unpaired) electrons. The quantitative estimate of drug-likeness (QED) is 0.204. The van der Waals surface area contributed by atoms with Gasteiger partial charge in [-0.25, -0.2) is 0 Å². The molecule has 1 nitrogen and oxygen atoms in total. The number of Topliss-reactive ketones (excluding diaryl/α,β-unsaturated/α-hetero) is 1. The molecule has 0 spiro atoms. The third-order valence-corrected chi connectivity index (χ3v) is 21.3. The molecule has 0 aliphatic heterocycles. The fraction of sp³-hybridized carbons (Fsp3) is 0.208. The molecule has 28 heavy (non-hydrogen) atoms. The van der Waals surface area contributed by atoms with Crippen molar-refractivity contribution >= 4 is 65.1 Å². The van der Waals surface area contributed by atoms with Gasteiger partial charge in [0.1, 0.15) is 0 Å². The van der Waals surface area contributed by atoms with E-state index in [1.54, 1.807) is 0 Å². The van der Waals surface area contributed by atoms with Crippen molar-refractivity contribution in [2.75, 3.05) is 0 Å². The molecule has 0 saturated carbocycles. The molecule has 1 atom stereocenters. The van der Waals surface area contributed by atoms with Crippen molar-refractivity contribution in [3.63, 3.8) is 0 Å². The number of carbonyl (C=O) groups excluding carboxylic acids is 1. The van der Waals surface area contributed by atoms with Gasteiger partial charge in [0, 0.05) is 0 Å². The van der Waals surface area contributed by atoms with E-state index >= 15 is 0 Å². The Hall–Kier alpha value is -1.03. The van der Waals surface area contributed by atoms with Crippen molar-refractivity contribution < 1.29 is 4.79 Å². The molecule has 0 aromatic heterocycles. The number of halogens is 2. The zero-order valence-electron chi connectivity index (χ0n) is 16.3. The zero-order valence-corrected chi connectivity index (χ0v) is 21.0. The van der Waals surface area contributed by atoms with Crippen LogP contribution in [0.2, 0.25) is 0 Å². The second kappa shape index (κ2) is 8.01. The number of hydrogen-bond acceptors (Lipinski definition) is 1. The van der Waals surface area contributed by atoms with Crippen LogP contribution in [0.4, 0.5) is 0 Å². The Balaban J connectivity index is 2.50. The second-order valence-electron chi connectivity index (χ2n) is 8.03. The Morgan fingerprint density at radius 1 is 0.750 bits per heavy atom. The Labute approximate surface area is 189 Å². The summed E-state index contributed by atoms with van der Waals surface area (Å²) in [7, 11) is 0. The van der Waals surface area contributed by atoms with Gasteiger partial charge in [0.05, 0.1) is 0 Å². The van der Waals surface area contributed by atoms with Gasteiger partial charge in [0.15, 0.2) is 0 Å². The van der Waals surface area contributed by atoms with Crippen LogP contribution in [0.3, 0.4) is 0 Å². The van der Waals surface area contributed by atoms with E-state index in [9.17, 15) is 4.79 Å². The average molecular weight is 567 g/mol. The molecule has 0 N–H and O–H groups in total. The first kappa shape index (κ1) is 21.7. The van der Waals surface area contributed by atoms with Crippen molar-refractivity contribution in [3.05, 3.63) is 91.0 Å². The topological polar surface area (TPSA) is 17.1 Å². The summed E-state index contributed by atoms with van der Waals surface area (Å²) in [5.41, 5.74) is -0.443. The number of benzene rings is 3. The van der Waals surface area contributed by atoms with Crippen LogP contribution < -0.4 is 15.9 Å². The average Bonchev–Trinajstić information content (AvgIpc) is 2.73. The van der Waals surface area contributed by atoms with Crippen LogP contribution in [0, 0.1) is 5.41 Å². The number of carbonyl (C=O) groups is 1. The van der Waals surface area contributed by atoms with Crippen LogP contribution in [0.5, 0.6) is 0 Å². The molecular formula is C24H25BrIOP. The summed E-state index contributed by atoms with van der Waals surface area (Å²) >= 11 is 6.77. The molecule has 3 aromatic rings. The molecule has 0 heterocycles. The van der Waals surface area contributed by atoms with Gasteiger partial charge in [0.2, 0.25) is 0 Å². The molecule has 0 fully saturated rings. The number of ketones is 1. The van der Waals surface area contributed by atoms with Crippen LogP contribution in [0.1, 0.15) is 20.8 Å². The molecule has 3 aromatic carbocycles. The predicted molar refractivity (Wildman–Crippen MR) is 136 cm³/mol. The van der Waals surface area contributed by atoms with Gasteiger partial charge in [-0.2, -0.15) is 0 Å². The van der Waals surface area contributed by atoms with Gasteiger partial charge in [-0.05, 0) is 0 Å². The summed E-state index contributed by atoms with van der Waals surface area (Å²) in [6, 6.07) is 31.4. The van der Waals surface area contributed by atoms with E-state index in [4.69, 9.17) is 0 Å². The summed E-state index contributed by atoms with van der Waals surface area (Å²) in [6.07, 6.45) is 0. The minimum absolute atomic E-state index is 0.249. The molecular weight excluding hydrogens is 542 g/mol. The van der Waals surface area contributed by atoms with Crippen LogP contribution in [0.15, 0.2) is 91.0 Å². The van der Waals surface area contributed by atoms with Gasteiger partial charge < -0.3 is 0 Å². The SMILES string of the molecule is CC(C)(C)C(=O)C(I)P(Br)(c1ccccc1)(c1ccccc1)c1ccccc1. The Bertz CT molecular complexity index is 853. The monoisotopic (exact) mass is 566 g/mol. The van der Waals surface area contributed by atoms with E-state index in [0.29, 0.717) is 0 Å². The maximum absolute atomic E-state index is 13.7. The molecule has 3 rings (SSSR count). The maximum atomic E-state index is 13.7. The third kappa shape index (κ3) is 3.40. The molecule has 1 unspecified atom stereocenters. The zero-order chi connectivity index (χ0) is 20.4. The van der Waals surface area contributed by atoms with E-state index in [-0.39, 0.29) is 9.45 Å². The fourth-order valence-corrected chi connectivity index (χ4v) is 14.9. The van der Waals surface area contributed by atoms with E-state index < -0.39 is 10.7 Å². The summed E-state index contributed by atoms with van der Waals surface area (Å²) < 4.78 is -0.254. The number of rotatable bonds is 5. The van der Waals surface area contributed by atoms with Gasteiger partial charge in [-0.3, -0.25) is 0 Å². The van der Waals surface area contributed by atoms with Crippen LogP contribution in [-0.2, 0) is 4.79 Å². The third-order valence-electron chi connectivity index (χ3n) is 5.16. The summed E-state index contributed by atoms with van der Waals surface area (Å²) in [6.45, 7) is 6.03. The van der Waals surface area contributed by atoms with E-state index in [2.05, 4.69) is 111 Å². The Morgan fingerprint density at radius 3 is 1.29 bits per heavy atom. The molecule has 0 aliphatic rings. The first-order valence-electron chi connectivity index (χ1n) is 9.29. The predicted octanol–water partition coefficient (Wildman–Crippen LogP) is 6.20. The number of hydrogen-bond donors (Lipinski definition) is 0. The number of alkyl halides is 1. The van der Waals surface area contributed by atoms with Crippen molar-refractivity contribution in [2.45, 2.75) is 24.4 Å². The van der Waals surface area contributed by atoms with Crippen molar-refractivity contribution in [1.82, 2.24) is 0 Å². The van der Waals surface area contributed by atoms with Gasteiger partial charge in [-0.1, -0.05) is 0 Å². The normalized spacial score (nSPS) is 14.7. The Morgan fingerprint density at radius 2 is 1.04 bits per heavy atom. The van der Waals surface area contributed by atoms with E-state index in [0.717, 1.165) is 0 Å². The van der Waals surface area contributed by atoms with E-state index in [1.165, 1.54) is 15.9 Å². The molecule has 4 heteroatoms. The summed E-state index contributed by atoms with van der Waals surface area (Å²) in [4.78, 5) is 13.7. The van der Waals surface area contributed by atoms with Gasteiger partial charge in [-0.15, -0.1) is 0 Å². The fourth-order valence-electron chi connectivity index (χ4n) is 3.58. The van der Waals surface area contributed by atoms with Crippen molar-refractivity contribution in [3.8, 4) is 0 Å². The molecule has 0 aliphatic carbocycles. The van der Waals surface area contributed by atoms with Crippen LogP contribution in [0.25, 0.3) is 0 Å². The Kier molecular flexibility index (Phi) is 6.20. The molecule has 0 bridgehead atoms. The first-order chi connectivity index (χ1) is 13.2. The molecule has 0 saturated heterocycles. The molecule has 146 valence electrons. The first-order valence-corrected chi connectivity index (χ1v) is 14.9. The second-order valence-corrected chi connectivity index (χ2v) is 18.9. The van der Waals surface area contributed by atoms with Gasteiger partial charge in [0.25, 0.3) is 0 Å². The van der Waals surface area contributed by atoms with Gasteiger partial charge >= 0.3 is 191 Å².